The topological polar surface area (TPSA) is 45.5 Å². The summed E-state index contributed by atoms with van der Waals surface area (Å²) in [7, 11) is 4.15. The molecule has 1 N–H and O–H groups in total. The molecule has 3 aromatic rings. The largest absolute Gasteiger partial charge is 0.368 e. The summed E-state index contributed by atoms with van der Waals surface area (Å²) >= 11 is 0. The molecule has 0 fully saturated rings. The van der Waals surface area contributed by atoms with Gasteiger partial charge in [0.15, 0.2) is 5.65 Å². The number of hydrogen-bond acceptors (Lipinski definition) is 4. The lowest BCUT2D eigenvalue weighted by molar-refractivity contribution is 0.425. The second kappa shape index (κ2) is 6.38. The summed E-state index contributed by atoms with van der Waals surface area (Å²) in [5.74, 6) is 1.02. The van der Waals surface area contributed by atoms with Crippen molar-refractivity contribution >= 4 is 11.5 Å². The minimum absolute atomic E-state index is 0.868. The SMILES string of the molecule is Cc1nc2c(-c3ccccc3)cnn2c(NCCN(C)C)c1C. The number of likely N-dealkylation sites (N-methyl/N-ethyl adjacent to an activating group) is 1. The van der Waals surface area contributed by atoms with Crippen LogP contribution in [0.15, 0.2) is 36.5 Å². The molecule has 120 valence electrons. The maximum absolute atomic E-state index is 4.77. The molecule has 0 unspecified atom stereocenters. The third-order valence-corrected chi connectivity index (χ3v) is 4.06. The van der Waals surface area contributed by atoms with E-state index < -0.39 is 0 Å². The molecule has 2 aromatic heterocycles. The molecule has 0 aliphatic heterocycles. The highest BCUT2D eigenvalue weighted by atomic mass is 15.3. The first kappa shape index (κ1) is 15.5. The Kier molecular flexibility index (Phi) is 4.30. The van der Waals surface area contributed by atoms with Crippen molar-refractivity contribution in [1.29, 1.82) is 0 Å². The van der Waals surface area contributed by atoms with Crippen molar-refractivity contribution in [2.45, 2.75) is 13.8 Å². The number of nitrogens with zero attached hydrogens (tertiary/aromatic N) is 4. The molecule has 0 atom stereocenters. The first-order chi connectivity index (χ1) is 11.1. The van der Waals surface area contributed by atoms with Crippen molar-refractivity contribution in [3.8, 4) is 11.1 Å². The highest BCUT2D eigenvalue weighted by Gasteiger charge is 2.14. The highest BCUT2D eigenvalue weighted by molar-refractivity contribution is 5.78. The van der Waals surface area contributed by atoms with Crippen molar-refractivity contribution in [1.82, 2.24) is 19.5 Å². The monoisotopic (exact) mass is 309 g/mol. The van der Waals surface area contributed by atoms with Crippen molar-refractivity contribution in [2.75, 3.05) is 32.5 Å². The number of benzene rings is 1. The summed E-state index contributed by atoms with van der Waals surface area (Å²) in [6, 6.07) is 10.3. The zero-order valence-corrected chi connectivity index (χ0v) is 14.2. The molecule has 2 heterocycles. The van der Waals surface area contributed by atoms with Crippen LogP contribution >= 0.6 is 0 Å². The zero-order valence-electron chi connectivity index (χ0n) is 14.2. The molecule has 1 aromatic carbocycles. The van der Waals surface area contributed by atoms with Crippen LogP contribution in [-0.4, -0.2) is 46.7 Å². The number of hydrogen-bond donors (Lipinski definition) is 1. The van der Waals surface area contributed by atoms with E-state index in [-0.39, 0.29) is 0 Å². The average Bonchev–Trinajstić information content (AvgIpc) is 2.95. The number of anilines is 1. The lowest BCUT2D eigenvalue weighted by Gasteiger charge is -2.15. The Balaban J connectivity index is 2.06. The standard InChI is InChI=1S/C18H23N5/c1-13-14(2)21-18-16(15-8-6-5-7-9-15)12-20-23(18)17(13)19-10-11-22(3)4/h5-9,12,19H,10-11H2,1-4H3. The smallest absolute Gasteiger partial charge is 0.165 e. The highest BCUT2D eigenvalue weighted by Crippen LogP contribution is 2.27. The van der Waals surface area contributed by atoms with Gasteiger partial charge in [0, 0.05) is 29.9 Å². The number of aromatic nitrogens is 3. The van der Waals surface area contributed by atoms with Crippen LogP contribution in [0.3, 0.4) is 0 Å². The molecule has 0 amide bonds. The molecule has 0 bridgehead atoms. The predicted molar refractivity (Wildman–Crippen MR) is 94.9 cm³/mol. The van der Waals surface area contributed by atoms with Crippen LogP contribution in [0.5, 0.6) is 0 Å². The second-order valence-electron chi connectivity index (χ2n) is 6.06. The Bertz CT molecular complexity index is 805. The number of nitrogens with one attached hydrogen (secondary N) is 1. The van der Waals surface area contributed by atoms with Gasteiger partial charge >= 0.3 is 0 Å². The molecule has 0 spiro atoms. The fraction of sp³-hybridized carbons (Fsp3) is 0.333. The predicted octanol–water partition coefficient (Wildman–Crippen LogP) is 2.99. The van der Waals surface area contributed by atoms with E-state index in [0.29, 0.717) is 0 Å². The fourth-order valence-corrected chi connectivity index (χ4v) is 2.61. The van der Waals surface area contributed by atoms with E-state index in [4.69, 9.17) is 4.98 Å². The van der Waals surface area contributed by atoms with Crippen molar-refractivity contribution in [3.05, 3.63) is 47.8 Å². The van der Waals surface area contributed by atoms with E-state index in [1.807, 2.05) is 35.8 Å². The Morgan fingerprint density at radius 2 is 1.87 bits per heavy atom. The lowest BCUT2D eigenvalue weighted by Crippen LogP contribution is -2.22. The van der Waals surface area contributed by atoms with Gasteiger partial charge in [-0.1, -0.05) is 30.3 Å². The van der Waals surface area contributed by atoms with Gasteiger partial charge in [-0.15, -0.1) is 0 Å². The summed E-state index contributed by atoms with van der Waals surface area (Å²) in [6.45, 7) is 5.97. The zero-order chi connectivity index (χ0) is 16.4. The lowest BCUT2D eigenvalue weighted by atomic mass is 10.1. The molecule has 0 aliphatic carbocycles. The molecule has 0 saturated heterocycles. The van der Waals surface area contributed by atoms with E-state index in [1.165, 1.54) is 0 Å². The molecule has 5 heteroatoms. The van der Waals surface area contributed by atoms with Gasteiger partial charge in [-0.05, 0) is 33.5 Å². The van der Waals surface area contributed by atoms with E-state index in [0.717, 1.165) is 46.9 Å². The summed E-state index contributed by atoms with van der Waals surface area (Å²) in [5.41, 5.74) is 5.26. The Morgan fingerprint density at radius 3 is 2.57 bits per heavy atom. The van der Waals surface area contributed by atoms with Gasteiger partial charge in [-0.2, -0.15) is 9.61 Å². The molecule has 23 heavy (non-hydrogen) atoms. The van der Waals surface area contributed by atoms with Gasteiger partial charge in [-0.3, -0.25) is 0 Å². The van der Waals surface area contributed by atoms with Crippen molar-refractivity contribution in [2.24, 2.45) is 0 Å². The molecule has 3 rings (SSSR count). The van der Waals surface area contributed by atoms with Crippen LogP contribution in [-0.2, 0) is 0 Å². The summed E-state index contributed by atoms with van der Waals surface area (Å²) in [4.78, 5) is 6.92. The van der Waals surface area contributed by atoms with Gasteiger partial charge in [0.05, 0.1) is 6.20 Å². The van der Waals surface area contributed by atoms with Crippen molar-refractivity contribution in [3.63, 3.8) is 0 Å². The third kappa shape index (κ3) is 3.05. The molecule has 5 nitrogen and oxygen atoms in total. The van der Waals surface area contributed by atoms with Crippen LogP contribution in [0.25, 0.3) is 16.8 Å². The summed E-state index contributed by atoms with van der Waals surface area (Å²) < 4.78 is 1.92. The minimum atomic E-state index is 0.868. The first-order valence-corrected chi connectivity index (χ1v) is 7.87. The number of rotatable bonds is 5. The van der Waals surface area contributed by atoms with E-state index in [1.54, 1.807) is 0 Å². The first-order valence-electron chi connectivity index (χ1n) is 7.87. The van der Waals surface area contributed by atoms with Gasteiger partial charge in [0.1, 0.15) is 5.82 Å². The fourth-order valence-electron chi connectivity index (χ4n) is 2.61. The minimum Gasteiger partial charge on any atom is -0.368 e. The average molecular weight is 309 g/mol. The molecule has 0 saturated carbocycles. The number of fused-ring (bicyclic) bond motifs is 1. The molecular formula is C18H23N5. The van der Waals surface area contributed by atoms with Gasteiger partial charge in [0.25, 0.3) is 0 Å². The molecule has 0 radical (unpaired) electrons. The van der Waals surface area contributed by atoms with Gasteiger partial charge in [-0.25, -0.2) is 4.98 Å². The van der Waals surface area contributed by atoms with Gasteiger partial charge < -0.3 is 10.2 Å². The Morgan fingerprint density at radius 1 is 1.13 bits per heavy atom. The van der Waals surface area contributed by atoms with Crippen LogP contribution in [0.1, 0.15) is 11.3 Å². The maximum Gasteiger partial charge on any atom is 0.165 e. The van der Waals surface area contributed by atoms with Crippen LogP contribution in [0.4, 0.5) is 5.82 Å². The maximum atomic E-state index is 4.77. The van der Waals surface area contributed by atoms with Crippen LogP contribution in [0, 0.1) is 13.8 Å². The third-order valence-electron chi connectivity index (χ3n) is 4.06. The molecular weight excluding hydrogens is 286 g/mol. The van der Waals surface area contributed by atoms with Gasteiger partial charge in [0.2, 0.25) is 0 Å². The van der Waals surface area contributed by atoms with Crippen molar-refractivity contribution < 1.29 is 0 Å². The summed E-state index contributed by atoms with van der Waals surface area (Å²) in [5, 5.41) is 8.08. The quantitative estimate of drug-likeness (QED) is 0.787. The molecule has 0 aliphatic rings. The van der Waals surface area contributed by atoms with Crippen LogP contribution in [0.2, 0.25) is 0 Å². The normalized spacial score (nSPS) is 11.3. The van der Waals surface area contributed by atoms with E-state index in [2.05, 4.69) is 48.5 Å². The van der Waals surface area contributed by atoms with E-state index >= 15 is 0 Å². The van der Waals surface area contributed by atoms with Crippen LogP contribution < -0.4 is 5.32 Å². The Hall–Kier alpha value is -2.40. The van der Waals surface area contributed by atoms with E-state index in [9.17, 15) is 0 Å². The number of aryl methyl sites for hydroxylation is 1. The second-order valence-corrected chi connectivity index (χ2v) is 6.06. The summed E-state index contributed by atoms with van der Waals surface area (Å²) in [6.07, 6.45) is 1.90. The Labute approximate surface area is 137 Å².